The Hall–Kier alpha value is -1.95. The van der Waals surface area contributed by atoms with E-state index in [1.807, 2.05) is 6.92 Å². The molecule has 0 saturated carbocycles. The molecule has 0 bridgehead atoms. The molecule has 1 rings (SSSR count). The minimum atomic E-state index is -0.639. The summed E-state index contributed by atoms with van der Waals surface area (Å²) in [6.45, 7) is 1.91. The Bertz CT molecular complexity index is 420. The Kier molecular flexibility index (Phi) is 4.59. The van der Waals surface area contributed by atoms with Crippen molar-refractivity contribution in [2.24, 2.45) is 5.73 Å². The van der Waals surface area contributed by atoms with E-state index in [9.17, 15) is 14.9 Å². The number of nitrogens with two attached hydrogens (primary N) is 1. The van der Waals surface area contributed by atoms with E-state index >= 15 is 0 Å². The summed E-state index contributed by atoms with van der Waals surface area (Å²) in [7, 11) is 0. The molecule has 0 heterocycles. The summed E-state index contributed by atoms with van der Waals surface area (Å²) in [5.74, 6) is -0.402. The standard InChI is InChI=1S/C11H15N3O3/c1-2-5-8(12)11(15)13-9-6-3-4-7-10(9)14(16)17/h3-4,6-8H,2,5,12H2,1H3,(H,13,15)/t8-/m0/s1. The molecule has 0 radical (unpaired) electrons. The van der Waals surface area contributed by atoms with Gasteiger partial charge in [-0.05, 0) is 12.5 Å². The summed E-state index contributed by atoms with van der Waals surface area (Å²) >= 11 is 0. The number of anilines is 1. The zero-order valence-electron chi connectivity index (χ0n) is 9.55. The molecule has 1 aromatic rings. The van der Waals surface area contributed by atoms with E-state index in [0.717, 1.165) is 6.42 Å². The molecule has 0 saturated heterocycles. The molecule has 92 valence electrons. The van der Waals surface area contributed by atoms with Gasteiger partial charge >= 0.3 is 0 Å². The highest BCUT2D eigenvalue weighted by Crippen LogP contribution is 2.23. The van der Waals surface area contributed by atoms with Crippen LogP contribution in [0.15, 0.2) is 24.3 Å². The normalized spacial score (nSPS) is 11.9. The van der Waals surface area contributed by atoms with Crippen LogP contribution in [0.4, 0.5) is 11.4 Å². The van der Waals surface area contributed by atoms with Gasteiger partial charge in [0.1, 0.15) is 5.69 Å². The Morgan fingerprint density at radius 1 is 1.53 bits per heavy atom. The lowest BCUT2D eigenvalue weighted by Crippen LogP contribution is -2.35. The molecule has 0 aliphatic heterocycles. The quantitative estimate of drug-likeness (QED) is 0.601. The molecule has 3 N–H and O–H groups in total. The van der Waals surface area contributed by atoms with Gasteiger partial charge in [-0.15, -0.1) is 0 Å². The van der Waals surface area contributed by atoms with E-state index in [4.69, 9.17) is 5.73 Å². The maximum atomic E-state index is 11.6. The van der Waals surface area contributed by atoms with Crippen LogP contribution in [-0.4, -0.2) is 16.9 Å². The van der Waals surface area contributed by atoms with Crippen LogP contribution in [0.3, 0.4) is 0 Å². The summed E-state index contributed by atoms with van der Waals surface area (Å²) in [6.07, 6.45) is 1.33. The van der Waals surface area contributed by atoms with Crippen molar-refractivity contribution in [2.45, 2.75) is 25.8 Å². The molecule has 0 aromatic heterocycles. The maximum absolute atomic E-state index is 11.6. The largest absolute Gasteiger partial charge is 0.320 e. The molecule has 17 heavy (non-hydrogen) atoms. The third-order valence-electron chi connectivity index (χ3n) is 2.30. The number of para-hydroxylation sites is 2. The van der Waals surface area contributed by atoms with E-state index in [2.05, 4.69) is 5.32 Å². The van der Waals surface area contributed by atoms with Gasteiger partial charge in [0.25, 0.3) is 5.69 Å². The topological polar surface area (TPSA) is 98.3 Å². The highest BCUT2D eigenvalue weighted by Gasteiger charge is 2.18. The second-order valence-corrected chi connectivity index (χ2v) is 3.66. The van der Waals surface area contributed by atoms with Crippen LogP contribution in [0.2, 0.25) is 0 Å². The Balaban J connectivity index is 2.81. The van der Waals surface area contributed by atoms with Crippen molar-refractivity contribution in [1.29, 1.82) is 0 Å². The van der Waals surface area contributed by atoms with Gasteiger partial charge in [0.2, 0.25) is 5.91 Å². The van der Waals surface area contributed by atoms with E-state index < -0.39 is 16.9 Å². The molecule has 0 spiro atoms. The average molecular weight is 237 g/mol. The maximum Gasteiger partial charge on any atom is 0.292 e. The highest BCUT2D eigenvalue weighted by molar-refractivity contribution is 5.96. The van der Waals surface area contributed by atoms with E-state index in [1.165, 1.54) is 12.1 Å². The predicted octanol–water partition coefficient (Wildman–Crippen LogP) is 1.66. The van der Waals surface area contributed by atoms with Gasteiger partial charge in [-0.25, -0.2) is 0 Å². The van der Waals surface area contributed by atoms with E-state index in [-0.39, 0.29) is 11.4 Å². The first-order valence-corrected chi connectivity index (χ1v) is 5.36. The first-order valence-electron chi connectivity index (χ1n) is 5.36. The summed E-state index contributed by atoms with van der Waals surface area (Å²) in [4.78, 5) is 21.8. The second-order valence-electron chi connectivity index (χ2n) is 3.66. The van der Waals surface area contributed by atoms with Gasteiger partial charge in [0.05, 0.1) is 11.0 Å². The Morgan fingerprint density at radius 3 is 2.76 bits per heavy atom. The van der Waals surface area contributed by atoms with Crippen LogP contribution >= 0.6 is 0 Å². The van der Waals surface area contributed by atoms with Gasteiger partial charge in [-0.3, -0.25) is 14.9 Å². The third-order valence-corrected chi connectivity index (χ3v) is 2.30. The Morgan fingerprint density at radius 2 is 2.18 bits per heavy atom. The van der Waals surface area contributed by atoms with Gasteiger partial charge in [0.15, 0.2) is 0 Å². The Labute approximate surface area is 99.0 Å². The fourth-order valence-electron chi connectivity index (χ4n) is 1.41. The average Bonchev–Trinajstić information content (AvgIpc) is 2.29. The first kappa shape index (κ1) is 13.1. The van der Waals surface area contributed by atoms with Crippen LogP contribution < -0.4 is 11.1 Å². The number of hydrogen-bond donors (Lipinski definition) is 2. The summed E-state index contributed by atoms with van der Waals surface area (Å²) in [5, 5.41) is 13.2. The number of amides is 1. The lowest BCUT2D eigenvalue weighted by atomic mass is 10.1. The highest BCUT2D eigenvalue weighted by atomic mass is 16.6. The van der Waals surface area contributed by atoms with Crippen LogP contribution in [0, 0.1) is 10.1 Å². The van der Waals surface area contributed by atoms with Crippen molar-refractivity contribution in [1.82, 2.24) is 0 Å². The lowest BCUT2D eigenvalue weighted by molar-refractivity contribution is -0.383. The molecule has 0 aliphatic carbocycles. The van der Waals surface area contributed by atoms with E-state index in [0.29, 0.717) is 6.42 Å². The fraction of sp³-hybridized carbons (Fsp3) is 0.364. The van der Waals surface area contributed by atoms with Gasteiger partial charge in [0, 0.05) is 6.07 Å². The first-order chi connectivity index (χ1) is 8.06. The van der Waals surface area contributed by atoms with Crippen molar-refractivity contribution < 1.29 is 9.72 Å². The molecular weight excluding hydrogens is 222 g/mol. The summed E-state index contributed by atoms with van der Waals surface area (Å²) in [6, 6.07) is 5.34. The van der Waals surface area contributed by atoms with Crippen LogP contribution in [0.1, 0.15) is 19.8 Å². The molecule has 6 nitrogen and oxygen atoms in total. The van der Waals surface area contributed by atoms with Crippen LogP contribution in [0.25, 0.3) is 0 Å². The minimum absolute atomic E-state index is 0.135. The minimum Gasteiger partial charge on any atom is -0.320 e. The SMILES string of the molecule is CCC[C@H](N)C(=O)Nc1ccccc1[N+](=O)[O-]. The van der Waals surface area contributed by atoms with Gasteiger partial charge in [-0.2, -0.15) is 0 Å². The fourth-order valence-corrected chi connectivity index (χ4v) is 1.41. The van der Waals surface area contributed by atoms with Crippen LogP contribution in [0.5, 0.6) is 0 Å². The summed E-state index contributed by atoms with van der Waals surface area (Å²) in [5.41, 5.74) is 5.66. The van der Waals surface area contributed by atoms with Crippen LogP contribution in [-0.2, 0) is 4.79 Å². The van der Waals surface area contributed by atoms with Crippen molar-refractivity contribution in [2.75, 3.05) is 5.32 Å². The molecule has 1 amide bonds. The molecule has 0 aliphatic rings. The smallest absolute Gasteiger partial charge is 0.292 e. The number of nitrogens with one attached hydrogen (secondary N) is 1. The van der Waals surface area contributed by atoms with Gasteiger partial charge in [-0.1, -0.05) is 25.5 Å². The molecule has 0 unspecified atom stereocenters. The number of carbonyl (C=O) groups excluding carboxylic acids is 1. The van der Waals surface area contributed by atoms with E-state index in [1.54, 1.807) is 12.1 Å². The van der Waals surface area contributed by atoms with Crippen molar-refractivity contribution >= 4 is 17.3 Å². The number of nitro benzene ring substituents is 1. The third kappa shape index (κ3) is 3.53. The molecule has 1 atom stereocenters. The number of hydrogen-bond acceptors (Lipinski definition) is 4. The van der Waals surface area contributed by atoms with Crippen molar-refractivity contribution in [3.63, 3.8) is 0 Å². The zero-order chi connectivity index (χ0) is 12.8. The van der Waals surface area contributed by atoms with Crippen molar-refractivity contribution in [3.05, 3.63) is 34.4 Å². The number of rotatable bonds is 5. The molecular formula is C11H15N3O3. The zero-order valence-corrected chi connectivity index (χ0v) is 9.55. The number of nitro groups is 1. The molecule has 1 aromatic carbocycles. The molecule has 0 fully saturated rings. The second kappa shape index (κ2) is 5.95. The van der Waals surface area contributed by atoms with Gasteiger partial charge < -0.3 is 11.1 Å². The van der Waals surface area contributed by atoms with Crippen molar-refractivity contribution in [3.8, 4) is 0 Å². The lowest BCUT2D eigenvalue weighted by Gasteiger charge is -2.11. The number of benzene rings is 1. The monoisotopic (exact) mass is 237 g/mol. The number of carbonyl (C=O) groups is 1. The number of nitrogens with zero attached hydrogens (tertiary/aromatic N) is 1. The summed E-state index contributed by atoms with van der Waals surface area (Å²) < 4.78 is 0. The molecule has 6 heteroatoms. The predicted molar refractivity (Wildman–Crippen MR) is 64.6 cm³/mol.